The number of benzene rings is 1. The highest BCUT2D eigenvalue weighted by atomic mass is 16.5. The second kappa shape index (κ2) is 7.01. The lowest BCUT2D eigenvalue weighted by Crippen LogP contribution is -2.34. The van der Waals surface area contributed by atoms with Gasteiger partial charge in [0.25, 0.3) is 0 Å². The lowest BCUT2D eigenvalue weighted by atomic mass is 9.92. The van der Waals surface area contributed by atoms with Crippen molar-refractivity contribution >= 4 is 5.91 Å². The summed E-state index contributed by atoms with van der Waals surface area (Å²) < 4.78 is 10.6. The summed E-state index contributed by atoms with van der Waals surface area (Å²) in [5.74, 6) is 1.69. The SMILES string of the molecule is CCC(C)N1CC(C(N)c2ccc(OC)c(OC)c2)CC1=O. The summed E-state index contributed by atoms with van der Waals surface area (Å²) in [5.41, 5.74) is 7.38. The van der Waals surface area contributed by atoms with Crippen molar-refractivity contribution in [3.05, 3.63) is 23.8 Å². The van der Waals surface area contributed by atoms with E-state index in [1.807, 2.05) is 23.1 Å². The molecule has 0 aromatic heterocycles. The Labute approximate surface area is 132 Å². The third-order valence-corrected chi connectivity index (χ3v) is 4.61. The van der Waals surface area contributed by atoms with E-state index in [1.54, 1.807) is 14.2 Å². The van der Waals surface area contributed by atoms with Gasteiger partial charge < -0.3 is 20.1 Å². The number of ether oxygens (including phenoxy) is 2. The normalized spacial score (nSPS) is 20.9. The quantitative estimate of drug-likeness (QED) is 0.876. The largest absolute Gasteiger partial charge is 0.493 e. The van der Waals surface area contributed by atoms with Crippen LogP contribution in [0.4, 0.5) is 0 Å². The molecule has 3 atom stereocenters. The molecule has 5 nitrogen and oxygen atoms in total. The smallest absolute Gasteiger partial charge is 0.223 e. The van der Waals surface area contributed by atoms with Gasteiger partial charge in [-0.05, 0) is 31.0 Å². The van der Waals surface area contributed by atoms with E-state index in [-0.39, 0.29) is 23.9 Å². The molecule has 0 bridgehead atoms. The maximum atomic E-state index is 12.2. The monoisotopic (exact) mass is 306 g/mol. The average Bonchev–Trinajstić information content (AvgIpc) is 2.94. The molecule has 1 aliphatic rings. The Morgan fingerprint density at radius 1 is 1.32 bits per heavy atom. The summed E-state index contributed by atoms with van der Waals surface area (Å²) in [6.45, 7) is 4.91. The van der Waals surface area contributed by atoms with Crippen LogP contribution in [0.25, 0.3) is 0 Å². The maximum absolute atomic E-state index is 12.2. The molecule has 22 heavy (non-hydrogen) atoms. The molecule has 5 heteroatoms. The first-order chi connectivity index (χ1) is 10.5. The fraction of sp³-hybridized carbons (Fsp3) is 0.588. The minimum absolute atomic E-state index is 0.139. The predicted molar refractivity (Wildman–Crippen MR) is 86.0 cm³/mol. The van der Waals surface area contributed by atoms with Crippen molar-refractivity contribution in [3.63, 3.8) is 0 Å². The minimum Gasteiger partial charge on any atom is -0.493 e. The molecule has 0 saturated carbocycles. The molecule has 122 valence electrons. The van der Waals surface area contributed by atoms with Crippen LogP contribution >= 0.6 is 0 Å². The van der Waals surface area contributed by atoms with Crippen LogP contribution in [0.1, 0.15) is 38.3 Å². The van der Waals surface area contributed by atoms with Gasteiger partial charge in [-0.25, -0.2) is 0 Å². The highest BCUT2D eigenvalue weighted by molar-refractivity contribution is 5.79. The fourth-order valence-corrected chi connectivity index (χ4v) is 2.98. The van der Waals surface area contributed by atoms with Crippen LogP contribution in [0.15, 0.2) is 18.2 Å². The van der Waals surface area contributed by atoms with Gasteiger partial charge in [0.1, 0.15) is 0 Å². The number of likely N-dealkylation sites (tertiary alicyclic amines) is 1. The van der Waals surface area contributed by atoms with Crippen molar-refractivity contribution in [2.45, 2.75) is 38.8 Å². The molecule has 0 spiro atoms. The Hall–Kier alpha value is -1.75. The number of methoxy groups -OCH3 is 2. The third kappa shape index (κ3) is 3.19. The number of hydrogen-bond donors (Lipinski definition) is 1. The van der Waals surface area contributed by atoms with E-state index in [1.165, 1.54) is 0 Å². The van der Waals surface area contributed by atoms with Gasteiger partial charge in [0.2, 0.25) is 5.91 Å². The molecule has 2 rings (SSSR count). The topological polar surface area (TPSA) is 64.8 Å². The molecular formula is C17H26N2O3. The molecule has 1 amide bonds. The first-order valence-electron chi connectivity index (χ1n) is 7.78. The predicted octanol–water partition coefficient (Wildman–Crippen LogP) is 2.35. The van der Waals surface area contributed by atoms with E-state index < -0.39 is 0 Å². The number of rotatable bonds is 6. The van der Waals surface area contributed by atoms with Gasteiger partial charge in [-0.2, -0.15) is 0 Å². The molecule has 2 N–H and O–H groups in total. The van der Waals surface area contributed by atoms with Crippen molar-refractivity contribution in [3.8, 4) is 11.5 Å². The Bertz CT molecular complexity index is 533. The van der Waals surface area contributed by atoms with Crippen molar-refractivity contribution < 1.29 is 14.3 Å². The molecule has 1 aromatic rings. The summed E-state index contributed by atoms with van der Waals surface area (Å²) in [5, 5.41) is 0. The Balaban J connectivity index is 2.15. The van der Waals surface area contributed by atoms with Crippen molar-refractivity contribution in [2.24, 2.45) is 11.7 Å². The number of amides is 1. The van der Waals surface area contributed by atoms with Gasteiger partial charge in [-0.3, -0.25) is 4.79 Å². The summed E-state index contributed by atoms with van der Waals surface area (Å²) in [6.07, 6.45) is 1.48. The second-order valence-corrected chi connectivity index (χ2v) is 5.91. The van der Waals surface area contributed by atoms with Gasteiger partial charge in [0.15, 0.2) is 11.5 Å². The minimum atomic E-state index is -0.183. The molecular weight excluding hydrogens is 280 g/mol. The standard InChI is InChI=1S/C17H26N2O3/c1-5-11(2)19-10-13(9-16(19)20)17(18)12-6-7-14(21-3)15(8-12)22-4/h6-8,11,13,17H,5,9-10,18H2,1-4H3. The molecule has 1 saturated heterocycles. The lowest BCUT2D eigenvalue weighted by molar-refractivity contribution is -0.129. The zero-order chi connectivity index (χ0) is 16.3. The van der Waals surface area contributed by atoms with E-state index in [4.69, 9.17) is 15.2 Å². The van der Waals surface area contributed by atoms with Crippen LogP contribution in [0, 0.1) is 5.92 Å². The van der Waals surface area contributed by atoms with Crippen LogP contribution in [0.3, 0.4) is 0 Å². The first kappa shape index (κ1) is 16.6. The highest BCUT2D eigenvalue weighted by Gasteiger charge is 2.35. The summed E-state index contributed by atoms with van der Waals surface area (Å²) in [6, 6.07) is 5.80. The van der Waals surface area contributed by atoms with E-state index >= 15 is 0 Å². The molecule has 3 unspecified atom stereocenters. The number of nitrogens with zero attached hydrogens (tertiary/aromatic N) is 1. The molecule has 1 aliphatic heterocycles. The van der Waals surface area contributed by atoms with Crippen molar-refractivity contribution in [1.29, 1.82) is 0 Å². The Kier molecular flexibility index (Phi) is 5.29. The zero-order valence-electron chi connectivity index (χ0n) is 13.8. The van der Waals surface area contributed by atoms with E-state index in [2.05, 4.69) is 13.8 Å². The van der Waals surface area contributed by atoms with Crippen LogP contribution in [0.2, 0.25) is 0 Å². The maximum Gasteiger partial charge on any atom is 0.223 e. The Morgan fingerprint density at radius 2 is 2.00 bits per heavy atom. The molecule has 0 radical (unpaired) electrons. The van der Waals surface area contributed by atoms with Gasteiger partial charge in [-0.1, -0.05) is 13.0 Å². The fourth-order valence-electron chi connectivity index (χ4n) is 2.98. The van der Waals surface area contributed by atoms with Crippen LogP contribution in [-0.2, 0) is 4.79 Å². The van der Waals surface area contributed by atoms with Gasteiger partial charge in [-0.15, -0.1) is 0 Å². The Morgan fingerprint density at radius 3 is 2.59 bits per heavy atom. The van der Waals surface area contributed by atoms with E-state index in [0.717, 1.165) is 18.5 Å². The van der Waals surface area contributed by atoms with Gasteiger partial charge in [0.05, 0.1) is 14.2 Å². The van der Waals surface area contributed by atoms with Crippen molar-refractivity contribution in [2.75, 3.05) is 20.8 Å². The van der Waals surface area contributed by atoms with E-state index in [0.29, 0.717) is 17.9 Å². The molecule has 0 aliphatic carbocycles. The highest BCUT2D eigenvalue weighted by Crippen LogP contribution is 2.35. The van der Waals surface area contributed by atoms with Gasteiger partial charge >= 0.3 is 0 Å². The summed E-state index contributed by atoms with van der Waals surface area (Å²) >= 11 is 0. The van der Waals surface area contributed by atoms with Crippen molar-refractivity contribution in [1.82, 2.24) is 4.90 Å². The van der Waals surface area contributed by atoms with Crippen LogP contribution < -0.4 is 15.2 Å². The molecule has 1 aromatic carbocycles. The van der Waals surface area contributed by atoms with E-state index in [9.17, 15) is 4.79 Å². The average molecular weight is 306 g/mol. The lowest BCUT2D eigenvalue weighted by Gasteiger charge is -2.25. The van der Waals surface area contributed by atoms with Crippen LogP contribution in [-0.4, -0.2) is 37.6 Å². The zero-order valence-corrected chi connectivity index (χ0v) is 13.8. The number of nitrogens with two attached hydrogens (primary N) is 1. The third-order valence-electron chi connectivity index (χ3n) is 4.61. The molecule has 1 fully saturated rings. The summed E-state index contributed by atoms with van der Waals surface area (Å²) in [4.78, 5) is 14.1. The molecule has 1 heterocycles. The van der Waals surface area contributed by atoms with Gasteiger partial charge in [0, 0.05) is 31.0 Å². The number of hydrogen-bond acceptors (Lipinski definition) is 4. The summed E-state index contributed by atoms with van der Waals surface area (Å²) in [7, 11) is 3.22. The number of carbonyl (C=O) groups excluding carboxylic acids is 1. The first-order valence-corrected chi connectivity index (χ1v) is 7.78. The number of carbonyl (C=O) groups is 1. The second-order valence-electron chi connectivity index (χ2n) is 5.91. The van der Waals surface area contributed by atoms with Crippen LogP contribution in [0.5, 0.6) is 11.5 Å².